The van der Waals surface area contributed by atoms with Crippen molar-refractivity contribution in [1.29, 1.82) is 0 Å². The molecule has 4 heteroatoms. The zero-order valence-corrected chi connectivity index (χ0v) is 17.7. The number of halogens is 1. The summed E-state index contributed by atoms with van der Waals surface area (Å²) < 4.78 is 14.0. The molecular formula is C24H31FN2O. The fraction of sp³-hybridized carbons (Fsp3) is 0.458. The molecule has 3 atom stereocenters. The Kier molecular flexibility index (Phi) is 5.26. The molecule has 1 aliphatic heterocycles. The number of hydrogen-bond donors (Lipinski definition) is 1. The van der Waals surface area contributed by atoms with Gasteiger partial charge in [-0.1, -0.05) is 51.1 Å². The molecule has 3 rings (SSSR count). The molecule has 1 aromatic carbocycles. The molecule has 0 spiro atoms. The lowest BCUT2D eigenvalue weighted by atomic mass is 9.67. The van der Waals surface area contributed by atoms with Gasteiger partial charge in [0.05, 0.1) is 11.5 Å². The fourth-order valence-corrected chi connectivity index (χ4v) is 4.38. The number of amides is 1. The third kappa shape index (κ3) is 3.52. The summed E-state index contributed by atoms with van der Waals surface area (Å²) in [5.41, 5.74) is 1.46. The van der Waals surface area contributed by atoms with Gasteiger partial charge < -0.3 is 10.2 Å². The van der Waals surface area contributed by atoms with E-state index >= 15 is 0 Å². The van der Waals surface area contributed by atoms with Crippen molar-refractivity contribution in [1.82, 2.24) is 10.2 Å². The van der Waals surface area contributed by atoms with Crippen LogP contribution in [0.15, 0.2) is 60.0 Å². The maximum atomic E-state index is 14.0. The third-order valence-electron chi connectivity index (χ3n) is 6.09. The normalized spacial score (nSPS) is 29.7. The maximum Gasteiger partial charge on any atom is 0.234 e. The van der Waals surface area contributed by atoms with E-state index in [1.807, 2.05) is 26.0 Å². The van der Waals surface area contributed by atoms with Crippen molar-refractivity contribution >= 4 is 5.91 Å². The number of carbonyl (C=O) groups excluding carboxylic acids is 1. The van der Waals surface area contributed by atoms with Crippen LogP contribution >= 0.6 is 0 Å². The molecule has 0 radical (unpaired) electrons. The van der Waals surface area contributed by atoms with Crippen LogP contribution in [0.2, 0.25) is 0 Å². The van der Waals surface area contributed by atoms with Crippen LogP contribution in [0, 0.1) is 23.1 Å². The highest BCUT2D eigenvalue weighted by atomic mass is 19.1. The second-order valence-electron chi connectivity index (χ2n) is 9.05. The van der Waals surface area contributed by atoms with Gasteiger partial charge in [0.25, 0.3) is 0 Å². The summed E-state index contributed by atoms with van der Waals surface area (Å²) >= 11 is 0. The van der Waals surface area contributed by atoms with Gasteiger partial charge in [-0.3, -0.25) is 4.79 Å². The van der Waals surface area contributed by atoms with E-state index in [2.05, 4.69) is 44.3 Å². The summed E-state index contributed by atoms with van der Waals surface area (Å²) in [5.74, 6) is 0.221. The number of carbonyl (C=O) groups is 1. The van der Waals surface area contributed by atoms with Gasteiger partial charge in [0, 0.05) is 7.05 Å². The minimum absolute atomic E-state index is 0.0419. The molecule has 1 fully saturated rings. The molecule has 0 aromatic heterocycles. The first kappa shape index (κ1) is 20.4. The molecule has 1 saturated heterocycles. The average Bonchev–Trinajstić information content (AvgIpc) is 2.64. The van der Waals surface area contributed by atoms with Gasteiger partial charge in [-0.2, -0.15) is 0 Å². The first-order chi connectivity index (χ1) is 13.1. The highest BCUT2D eigenvalue weighted by Crippen LogP contribution is 2.44. The van der Waals surface area contributed by atoms with E-state index in [-0.39, 0.29) is 29.0 Å². The van der Waals surface area contributed by atoms with E-state index in [9.17, 15) is 9.18 Å². The summed E-state index contributed by atoms with van der Waals surface area (Å²) in [6.45, 7) is 10.5. The lowest BCUT2D eigenvalue weighted by Crippen LogP contribution is -2.61. The van der Waals surface area contributed by atoms with Crippen LogP contribution < -0.4 is 5.32 Å². The van der Waals surface area contributed by atoms with Crippen LogP contribution in [0.3, 0.4) is 0 Å². The Morgan fingerprint density at radius 1 is 1.32 bits per heavy atom. The van der Waals surface area contributed by atoms with E-state index in [1.54, 1.807) is 18.0 Å². The zero-order chi connectivity index (χ0) is 20.7. The summed E-state index contributed by atoms with van der Waals surface area (Å²) in [7, 11) is 1.80. The Bertz CT molecular complexity index is 862. The second-order valence-corrected chi connectivity index (χ2v) is 9.05. The first-order valence-corrected chi connectivity index (χ1v) is 9.95. The third-order valence-corrected chi connectivity index (χ3v) is 6.09. The molecule has 150 valence electrons. The van der Waals surface area contributed by atoms with Crippen LogP contribution in [0.25, 0.3) is 0 Å². The summed E-state index contributed by atoms with van der Waals surface area (Å²) in [6.07, 6.45) is 9.25. The van der Waals surface area contributed by atoms with E-state index in [1.165, 1.54) is 17.7 Å². The van der Waals surface area contributed by atoms with E-state index < -0.39 is 5.54 Å². The molecule has 1 unspecified atom stereocenters. The van der Waals surface area contributed by atoms with Crippen LogP contribution in [0.1, 0.15) is 46.6 Å². The molecule has 1 amide bonds. The molecule has 0 saturated carbocycles. The van der Waals surface area contributed by atoms with E-state index in [0.717, 1.165) is 17.8 Å². The van der Waals surface area contributed by atoms with Crippen LogP contribution in [0.5, 0.6) is 0 Å². The Morgan fingerprint density at radius 2 is 2.04 bits per heavy atom. The van der Waals surface area contributed by atoms with Crippen molar-refractivity contribution in [3.63, 3.8) is 0 Å². The van der Waals surface area contributed by atoms with E-state index in [0.29, 0.717) is 0 Å². The number of allylic oxidation sites excluding steroid dienone is 5. The van der Waals surface area contributed by atoms with Crippen molar-refractivity contribution in [2.75, 3.05) is 7.05 Å². The standard InChI is InChI=1S/C24H31FN2O/c1-7-20-26-24(5,18-9-8-10-19(25)15-18)21(22(28)27(20)6)16-11-13-17(14-12-16)23(2,3)4/h7-11,13-16,21,26H,12H2,1-6H3/t16?,21-,24+/m0/s1. The Labute approximate surface area is 168 Å². The molecule has 1 heterocycles. The van der Waals surface area contributed by atoms with Gasteiger partial charge in [0.1, 0.15) is 11.6 Å². The molecule has 1 aliphatic carbocycles. The summed E-state index contributed by atoms with van der Waals surface area (Å²) in [4.78, 5) is 15.1. The number of nitrogens with zero attached hydrogens (tertiary/aromatic N) is 1. The number of benzene rings is 1. The van der Waals surface area contributed by atoms with Crippen molar-refractivity contribution in [2.24, 2.45) is 17.3 Å². The first-order valence-electron chi connectivity index (χ1n) is 9.95. The largest absolute Gasteiger partial charge is 0.362 e. The number of rotatable bonds is 2. The van der Waals surface area contributed by atoms with Crippen LogP contribution in [-0.4, -0.2) is 17.9 Å². The van der Waals surface area contributed by atoms with Gasteiger partial charge >= 0.3 is 0 Å². The predicted molar refractivity (Wildman–Crippen MR) is 112 cm³/mol. The predicted octanol–water partition coefficient (Wildman–Crippen LogP) is 5.13. The fourth-order valence-electron chi connectivity index (χ4n) is 4.38. The molecule has 1 aromatic rings. The topological polar surface area (TPSA) is 32.3 Å². The van der Waals surface area contributed by atoms with Gasteiger partial charge in [0.15, 0.2) is 0 Å². The number of nitrogens with one attached hydrogen (secondary N) is 1. The lowest BCUT2D eigenvalue weighted by Gasteiger charge is -2.49. The van der Waals surface area contributed by atoms with Gasteiger partial charge in [-0.25, -0.2) is 4.39 Å². The second kappa shape index (κ2) is 7.23. The molecule has 1 N–H and O–H groups in total. The summed E-state index contributed by atoms with van der Waals surface area (Å²) in [6, 6.07) is 6.59. The Hall–Kier alpha value is -2.36. The van der Waals surface area contributed by atoms with Crippen LogP contribution in [0.4, 0.5) is 4.39 Å². The Morgan fingerprint density at radius 3 is 2.57 bits per heavy atom. The highest BCUT2D eigenvalue weighted by molar-refractivity contribution is 5.84. The van der Waals surface area contributed by atoms with Crippen molar-refractivity contribution in [2.45, 2.75) is 46.6 Å². The van der Waals surface area contributed by atoms with Crippen molar-refractivity contribution in [3.8, 4) is 0 Å². The minimum Gasteiger partial charge on any atom is -0.362 e. The average molecular weight is 383 g/mol. The smallest absolute Gasteiger partial charge is 0.234 e. The zero-order valence-electron chi connectivity index (χ0n) is 17.7. The number of hydrogen-bond acceptors (Lipinski definition) is 2. The molecule has 28 heavy (non-hydrogen) atoms. The monoisotopic (exact) mass is 382 g/mol. The molecule has 2 aliphatic rings. The molecule has 3 nitrogen and oxygen atoms in total. The lowest BCUT2D eigenvalue weighted by molar-refractivity contribution is -0.141. The van der Waals surface area contributed by atoms with Gasteiger partial charge in [-0.15, -0.1) is 0 Å². The SMILES string of the molecule is CC=C1N[C@](C)(c2cccc(F)c2)[C@@H](C2C=CC(C(C)(C)C)=CC2)C(=O)N1C. The maximum absolute atomic E-state index is 14.0. The van der Waals surface area contributed by atoms with Gasteiger partial charge in [-0.05, 0) is 60.9 Å². The van der Waals surface area contributed by atoms with E-state index in [4.69, 9.17) is 0 Å². The van der Waals surface area contributed by atoms with Crippen LogP contribution in [-0.2, 0) is 10.3 Å². The van der Waals surface area contributed by atoms with Crippen molar-refractivity contribution in [3.05, 3.63) is 71.3 Å². The molecular weight excluding hydrogens is 351 g/mol. The quantitative estimate of drug-likeness (QED) is 0.769. The Balaban J connectivity index is 2.04. The van der Waals surface area contributed by atoms with Gasteiger partial charge in [0.2, 0.25) is 5.91 Å². The van der Waals surface area contributed by atoms with Crippen molar-refractivity contribution < 1.29 is 9.18 Å². The minimum atomic E-state index is -0.699. The highest BCUT2D eigenvalue weighted by Gasteiger charge is 2.50. The molecule has 0 bridgehead atoms. The summed E-state index contributed by atoms with van der Waals surface area (Å²) in [5, 5.41) is 3.54.